The number of rotatable bonds is 6. The Balaban J connectivity index is 1.53. The van der Waals surface area contributed by atoms with Crippen LogP contribution in [0.25, 0.3) is 0 Å². The highest BCUT2D eigenvalue weighted by Gasteiger charge is 2.42. The molecule has 0 unspecified atom stereocenters. The number of ether oxygens (including phenoxy) is 1. The molecule has 1 fully saturated rings. The number of furan rings is 1. The average molecular weight is 528 g/mol. The first-order chi connectivity index (χ1) is 16.5. The fourth-order valence-corrected chi connectivity index (χ4v) is 5.40. The molecular formula is C25H19Cl2N3O2S2. The quantitative estimate of drug-likeness (QED) is 0.263. The van der Waals surface area contributed by atoms with E-state index >= 15 is 0 Å². The first kappa shape index (κ1) is 23.1. The molecule has 1 N–H and O–H groups in total. The summed E-state index contributed by atoms with van der Waals surface area (Å²) in [4.78, 5) is 7.61. The number of pyridine rings is 1. The normalized spacial score (nSPS) is 17.6. The van der Waals surface area contributed by atoms with Crippen molar-refractivity contribution < 1.29 is 9.15 Å². The predicted octanol–water partition coefficient (Wildman–Crippen LogP) is 7.32. The number of methoxy groups -OCH3 is 1. The maximum atomic E-state index is 6.44. The molecule has 0 bridgehead atoms. The second-order valence-corrected chi connectivity index (χ2v) is 9.84. The molecule has 172 valence electrons. The molecule has 2 aromatic heterocycles. The van der Waals surface area contributed by atoms with Gasteiger partial charge in [0.05, 0.1) is 23.9 Å². The lowest BCUT2D eigenvalue weighted by Gasteiger charge is -2.26. The highest BCUT2D eigenvalue weighted by Crippen LogP contribution is 2.44. The molecule has 2 aromatic carbocycles. The number of aromatic nitrogens is 1. The van der Waals surface area contributed by atoms with Gasteiger partial charge in [0.2, 0.25) is 0 Å². The third-order valence-corrected chi connectivity index (χ3v) is 7.23. The maximum absolute atomic E-state index is 6.44. The molecule has 0 saturated carbocycles. The predicted molar refractivity (Wildman–Crippen MR) is 140 cm³/mol. The van der Waals surface area contributed by atoms with Crippen LogP contribution >= 0.6 is 47.2 Å². The zero-order chi connectivity index (χ0) is 23.7. The number of hydrogen-bond acceptors (Lipinski definition) is 5. The van der Waals surface area contributed by atoms with E-state index in [9.17, 15) is 0 Å². The van der Waals surface area contributed by atoms with Gasteiger partial charge in [-0.15, -0.1) is 0 Å². The Hall–Kier alpha value is -2.71. The first-order valence-electron chi connectivity index (χ1n) is 10.4. The lowest BCUT2D eigenvalue weighted by molar-refractivity contribution is 0.383. The summed E-state index contributed by atoms with van der Waals surface area (Å²) < 4.78 is 11.7. The van der Waals surface area contributed by atoms with E-state index < -0.39 is 0 Å². The number of nitrogens with one attached hydrogen (secondary N) is 1. The van der Waals surface area contributed by atoms with Crippen molar-refractivity contribution in [2.75, 3.05) is 12.0 Å². The van der Waals surface area contributed by atoms with Gasteiger partial charge in [0, 0.05) is 21.8 Å². The molecule has 1 saturated heterocycles. The van der Waals surface area contributed by atoms with Crippen LogP contribution in [0.1, 0.15) is 23.5 Å². The fourth-order valence-electron chi connectivity index (χ4n) is 3.89. The maximum Gasteiger partial charge on any atom is 0.174 e. The largest absolute Gasteiger partial charge is 0.495 e. The molecule has 0 amide bonds. The SMILES string of the molecule is COc1ccc(N2C(=S)N[C@@H](c3ccccn3)[C@@H]2c2ccc(Sc3ccc(Cl)cc3)o2)cc1Cl. The van der Waals surface area contributed by atoms with E-state index in [4.69, 9.17) is 44.6 Å². The summed E-state index contributed by atoms with van der Waals surface area (Å²) in [7, 11) is 1.59. The smallest absolute Gasteiger partial charge is 0.174 e. The zero-order valence-corrected chi connectivity index (χ0v) is 21.1. The third-order valence-electron chi connectivity index (χ3n) is 5.44. The molecule has 34 heavy (non-hydrogen) atoms. The first-order valence-corrected chi connectivity index (χ1v) is 12.4. The van der Waals surface area contributed by atoms with Gasteiger partial charge in [-0.05, 0) is 78.9 Å². The molecule has 1 aliphatic heterocycles. The van der Waals surface area contributed by atoms with Crippen molar-refractivity contribution in [2.45, 2.75) is 22.1 Å². The van der Waals surface area contributed by atoms with Crippen molar-refractivity contribution in [2.24, 2.45) is 0 Å². The van der Waals surface area contributed by atoms with Crippen molar-refractivity contribution >= 4 is 58.0 Å². The van der Waals surface area contributed by atoms with Crippen molar-refractivity contribution in [1.29, 1.82) is 0 Å². The van der Waals surface area contributed by atoms with Gasteiger partial charge in [0.25, 0.3) is 0 Å². The van der Waals surface area contributed by atoms with Gasteiger partial charge < -0.3 is 19.4 Å². The van der Waals surface area contributed by atoms with E-state index in [1.165, 1.54) is 11.8 Å². The molecule has 0 spiro atoms. The molecule has 4 aromatic rings. The highest BCUT2D eigenvalue weighted by atomic mass is 35.5. The van der Waals surface area contributed by atoms with E-state index in [2.05, 4.69) is 10.3 Å². The minimum absolute atomic E-state index is 0.214. The Bertz CT molecular complexity index is 1320. The van der Waals surface area contributed by atoms with Crippen LogP contribution in [0.3, 0.4) is 0 Å². The minimum Gasteiger partial charge on any atom is -0.495 e. The molecule has 0 aliphatic carbocycles. The van der Waals surface area contributed by atoms with Crippen molar-refractivity contribution in [3.8, 4) is 5.75 Å². The van der Waals surface area contributed by atoms with Crippen LogP contribution in [0, 0.1) is 0 Å². The number of anilines is 1. The number of nitrogens with zero attached hydrogens (tertiary/aromatic N) is 2. The highest BCUT2D eigenvalue weighted by molar-refractivity contribution is 7.99. The van der Waals surface area contributed by atoms with E-state index in [0.29, 0.717) is 20.9 Å². The summed E-state index contributed by atoms with van der Waals surface area (Å²) in [6.45, 7) is 0. The van der Waals surface area contributed by atoms with Gasteiger partial charge in [-0.25, -0.2) is 0 Å². The van der Waals surface area contributed by atoms with Crippen LogP contribution in [-0.4, -0.2) is 17.2 Å². The average Bonchev–Trinajstić information content (AvgIpc) is 3.45. The fraction of sp³-hybridized carbons (Fsp3) is 0.120. The van der Waals surface area contributed by atoms with Gasteiger partial charge in [-0.1, -0.05) is 41.0 Å². The lowest BCUT2D eigenvalue weighted by Crippen LogP contribution is -2.29. The van der Waals surface area contributed by atoms with Gasteiger partial charge in [-0.3, -0.25) is 4.98 Å². The molecule has 1 aliphatic rings. The Kier molecular flexibility index (Phi) is 6.70. The van der Waals surface area contributed by atoms with Crippen molar-refractivity contribution in [3.05, 3.63) is 100 Å². The Morgan fingerprint density at radius 3 is 2.59 bits per heavy atom. The summed E-state index contributed by atoms with van der Waals surface area (Å²) >= 11 is 19.7. The molecule has 2 atom stereocenters. The van der Waals surface area contributed by atoms with Crippen LogP contribution in [-0.2, 0) is 0 Å². The monoisotopic (exact) mass is 527 g/mol. The van der Waals surface area contributed by atoms with Crippen LogP contribution in [0.2, 0.25) is 10.0 Å². The number of halogens is 2. The van der Waals surface area contributed by atoms with Crippen molar-refractivity contribution in [1.82, 2.24) is 10.3 Å². The van der Waals surface area contributed by atoms with Crippen LogP contribution < -0.4 is 15.0 Å². The Morgan fingerprint density at radius 1 is 1.06 bits per heavy atom. The van der Waals surface area contributed by atoms with Crippen LogP contribution in [0.15, 0.2) is 93.4 Å². The van der Waals surface area contributed by atoms with E-state index in [1.807, 2.05) is 77.7 Å². The second kappa shape index (κ2) is 9.88. The standard InChI is InChI=1S/C25H19Cl2N3O2S2/c1-31-20-10-7-16(14-18(20)27)30-24(23(29-25(30)33)19-4-2-3-13-28-19)21-11-12-22(32-21)34-17-8-5-15(26)6-9-17/h2-14,23-24H,1H3,(H,29,33)/t23-,24-/m0/s1. The second-order valence-electron chi connectivity index (χ2n) is 7.53. The van der Waals surface area contributed by atoms with Crippen LogP contribution in [0.5, 0.6) is 5.75 Å². The molecular weight excluding hydrogens is 509 g/mol. The summed E-state index contributed by atoms with van der Waals surface area (Å²) in [5, 5.41) is 5.94. The lowest BCUT2D eigenvalue weighted by atomic mass is 10.0. The topological polar surface area (TPSA) is 50.5 Å². The van der Waals surface area contributed by atoms with E-state index in [-0.39, 0.29) is 12.1 Å². The number of hydrogen-bond donors (Lipinski definition) is 1. The summed E-state index contributed by atoms with van der Waals surface area (Å²) in [6.07, 6.45) is 1.77. The Labute approximate surface area is 217 Å². The third kappa shape index (κ3) is 4.61. The molecule has 9 heteroatoms. The van der Waals surface area contributed by atoms with E-state index in [1.54, 1.807) is 13.3 Å². The van der Waals surface area contributed by atoms with Gasteiger partial charge in [0.1, 0.15) is 17.6 Å². The van der Waals surface area contributed by atoms with Gasteiger partial charge in [-0.2, -0.15) is 0 Å². The van der Waals surface area contributed by atoms with Gasteiger partial charge in [0.15, 0.2) is 10.2 Å². The zero-order valence-electron chi connectivity index (χ0n) is 17.9. The van der Waals surface area contributed by atoms with Gasteiger partial charge >= 0.3 is 0 Å². The number of thiocarbonyl (C=S) groups is 1. The summed E-state index contributed by atoms with van der Waals surface area (Å²) in [5.41, 5.74) is 1.69. The summed E-state index contributed by atoms with van der Waals surface area (Å²) in [6, 6.07) is 22.5. The van der Waals surface area contributed by atoms with E-state index in [0.717, 1.165) is 27.1 Å². The Morgan fingerprint density at radius 2 is 1.88 bits per heavy atom. The number of benzene rings is 2. The molecule has 0 radical (unpaired) electrons. The molecule has 5 rings (SSSR count). The minimum atomic E-state index is -0.272. The van der Waals surface area contributed by atoms with Crippen molar-refractivity contribution in [3.63, 3.8) is 0 Å². The molecule has 5 nitrogen and oxygen atoms in total. The molecule has 3 heterocycles. The van der Waals surface area contributed by atoms with Crippen LogP contribution in [0.4, 0.5) is 5.69 Å². The summed E-state index contributed by atoms with van der Waals surface area (Å²) in [5.74, 6) is 1.35.